The molecule has 27 heavy (non-hydrogen) atoms. The molecule has 1 aromatic heterocycles. The van der Waals surface area contributed by atoms with Gasteiger partial charge < -0.3 is 21.7 Å². The number of piperazine rings is 1. The van der Waals surface area contributed by atoms with Crippen LogP contribution in [0.1, 0.15) is 56.6 Å². The number of nitrogens with one attached hydrogen (secondary N) is 1. The Kier molecular flexibility index (Phi) is 5.53. The summed E-state index contributed by atoms with van der Waals surface area (Å²) in [6.07, 6.45) is 8.56. The minimum absolute atomic E-state index is 0.248. The highest BCUT2D eigenvalue weighted by molar-refractivity contribution is 5.42. The van der Waals surface area contributed by atoms with Crippen LogP contribution in [-0.2, 0) is 0 Å². The summed E-state index contributed by atoms with van der Waals surface area (Å²) < 4.78 is 0. The molecule has 4 rings (SSSR count). The van der Waals surface area contributed by atoms with E-state index in [1.807, 2.05) is 0 Å². The fourth-order valence-corrected chi connectivity index (χ4v) is 5.04. The molecule has 2 aliphatic carbocycles. The van der Waals surface area contributed by atoms with E-state index in [9.17, 15) is 0 Å². The van der Waals surface area contributed by atoms with E-state index in [2.05, 4.69) is 38.2 Å². The second kappa shape index (κ2) is 7.89. The van der Waals surface area contributed by atoms with Crippen molar-refractivity contribution >= 4 is 11.8 Å². The molecule has 0 spiro atoms. The molecule has 1 aliphatic heterocycles. The molecule has 0 unspecified atom stereocenters. The smallest absolute Gasteiger partial charge is 0.222 e. The number of rotatable bonds is 5. The molecule has 1 aromatic rings. The normalized spacial score (nSPS) is 29.3. The van der Waals surface area contributed by atoms with E-state index in [0.717, 1.165) is 57.1 Å². The van der Waals surface area contributed by atoms with Crippen LogP contribution in [0.25, 0.3) is 0 Å². The Morgan fingerprint density at radius 2 is 1.81 bits per heavy atom. The predicted octanol–water partition coefficient (Wildman–Crippen LogP) is 1.63. The van der Waals surface area contributed by atoms with E-state index in [0.29, 0.717) is 17.9 Å². The average molecular weight is 374 g/mol. The molecule has 1 saturated heterocycles. The third-order valence-electron chi connectivity index (χ3n) is 6.91. The van der Waals surface area contributed by atoms with Crippen molar-refractivity contribution in [1.82, 2.24) is 19.8 Å². The van der Waals surface area contributed by atoms with Gasteiger partial charge in [-0.3, -0.25) is 4.90 Å². The molecule has 0 atom stereocenters. The van der Waals surface area contributed by atoms with Crippen LogP contribution in [0.4, 0.5) is 11.8 Å². The Morgan fingerprint density at radius 1 is 1.11 bits per heavy atom. The summed E-state index contributed by atoms with van der Waals surface area (Å²) >= 11 is 0. The van der Waals surface area contributed by atoms with Crippen molar-refractivity contribution in [3.8, 4) is 0 Å². The molecular formula is C20H35N7. The lowest BCUT2D eigenvalue weighted by molar-refractivity contribution is 0.0221. The van der Waals surface area contributed by atoms with Gasteiger partial charge in [0, 0.05) is 56.3 Å². The fraction of sp³-hybridized carbons (Fsp3) is 0.800. The molecule has 0 bridgehead atoms. The van der Waals surface area contributed by atoms with Crippen LogP contribution in [0.15, 0.2) is 6.07 Å². The first-order valence-corrected chi connectivity index (χ1v) is 10.6. The maximum Gasteiger partial charge on any atom is 0.222 e. The van der Waals surface area contributed by atoms with E-state index in [1.54, 1.807) is 0 Å². The van der Waals surface area contributed by atoms with Gasteiger partial charge >= 0.3 is 0 Å². The molecule has 7 heteroatoms. The second-order valence-electron chi connectivity index (χ2n) is 8.89. The number of nitrogens with zero attached hydrogens (tertiary/aromatic N) is 4. The van der Waals surface area contributed by atoms with Gasteiger partial charge in [-0.1, -0.05) is 19.3 Å². The number of aromatic nitrogens is 2. The molecule has 2 saturated carbocycles. The molecular weight excluding hydrogens is 338 g/mol. The van der Waals surface area contributed by atoms with E-state index >= 15 is 0 Å². The lowest BCUT2D eigenvalue weighted by Crippen LogP contribution is -2.60. The number of hydrogen-bond acceptors (Lipinski definition) is 7. The first-order chi connectivity index (χ1) is 13.0. The molecule has 7 nitrogen and oxygen atoms in total. The zero-order valence-corrected chi connectivity index (χ0v) is 16.7. The summed E-state index contributed by atoms with van der Waals surface area (Å²) in [5.41, 5.74) is 13.2. The van der Waals surface area contributed by atoms with Gasteiger partial charge in [0.15, 0.2) is 0 Å². The first-order valence-electron chi connectivity index (χ1n) is 10.6. The summed E-state index contributed by atoms with van der Waals surface area (Å²) in [7, 11) is 2.22. The maximum atomic E-state index is 6.00. The van der Waals surface area contributed by atoms with E-state index in [-0.39, 0.29) is 5.54 Å². The Hall–Kier alpha value is -1.44. The molecule has 0 radical (unpaired) electrons. The predicted molar refractivity (Wildman–Crippen MR) is 110 cm³/mol. The highest BCUT2D eigenvalue weighted by atomic mass is 15.3. The largest absolute Gasteiger partial charge is 0.368 e. The van der Waals surface area contributed by atoms with Crippen LogP contribution in [0.5, 0.6) is 0 Å². The topological polar surface area (TPSA) is 96.3 Å². The Bertz CT molecular complexity index is 629. The van der Waals surface area contributed by atoms with Crippen LogP contribution in [0, 0.1) is 0 Å². The maximum absolute atomic E-state index is 6.00. The van der Waals surface area contributed by atoms with Gasteiger partial charge in [0.25, 0.3) is 0 Å². The number of nitrogen functional groups attached to an aromatic ring is 1. The Balaban J connectivity index is 1.46. The van der Waals surface area contributed by atoms with Crippen LogP contribution < -0.4 is 16.8 Å². The second-order valence-corrected chi connectivity index (χ2v) is 8.89. The van der Waals surface area contributed by atoms with Crippen LogP contribution in [0.2, 0.25) is 0 Å². The molecule has 2 heterocycles. The van der Waals surface area contributed by atoms with Crippen molar-refractivity contribution in [3.05, 3.63) is 11.8 Å². The quantitative estimate of drug-likeness (QED) is 0.722. The van der Waals surface area contributed by atoms with Crippen LogP contribution in [-0.4, -0.2) is 71.1 Å². The minimum Gasteiger partial charge on any atom is -0.368 e. The van der Waals surface area contributed by atoms with Crippen molar-refractivity contribution in [1.29, 1.82) is 0 Å². The highest BCUT2D eigenvalue weighted by Gasteiger charge is 2.39. The summed E-state index contributed by atoms with van der Waals surface area (Å²) in [4.78, 5) is 14.1. The van der Waals surface area contributed by atoms with Gasteiger partial charge in [-0.15, -0.1) is 0 Å². The van der Waals surface area contributed by atoms with Crippen molar-refractivity contribution in [2.75, 3.05) is 50.8 Å². The third-order valence-corrected chi connectivity index (χ3v) is 6.91. The van der Waals surface area contributed by atoms with Crippen molar-refractivity contribution in [2.24, 2.45) is 5.73 Å². The summed E-state index contributed by atoms with van der Waals surface area (Å²) in [5.74, 6) is 1.68. The lowest BCUT2D eigenvalue weighted by Gasteiger charge is -2.49. The van der Waals surface area contributed by atoms with E-state index in [1.165, 1.54) is 32.1 Å². The van der Waals surface area contributed by atoms with Gasteiger partial charge in [0.2, 0.25) is 5.95 Å². The SMILES string of the molecule is CN1CCN(C2(CNc3cc(C4CC(N)C4)nc(N)n3)CCCCC2)CC1. The van der Waals surface area contributed by atoms with Crippen molar-refractivity contribution in [2.45, 2.75) is 62.4 Å². The molecule has 150 valence electrons. The molecule has 3 aliphatic rings. The van der Waals surface area contributed by atoms with E-state index < -0.39 is 0 Å². The third kappa shape index (κ3) is 4.20. The van der Waals surface area contributed by atoms with Crippen molar-refractivity contribution in [3.63, 3.8) is 0 Å². The van der Waals surface area contributed by atoms with Gasteiger partial charge in [0.05, 0.1) is 5.69 Å². The number of hydrogen-bond donors (Lipinski definition) is 3. The number of likely N-dealkylation sites (N-methyl/N-ethyl adjacent to an activating group) is 1. The zero-order valence-electron chi connectivity index (χ0n) is 16.7. The minimum atomic E-state index is 0.248. The van der Waals surface area contributed by atoms with Crippen molar-refractivity contribution < 1.29 is 0 Å². The highest BCUT2D eigenvalue weighted by Crippen LogP contribution is 2.37. The van der Waals surface area contributed by atoms with Gasteiger partial charge in [-0.05, 0) is 32.7 Å². The van der Waals surface area contributed by atoms with E-state index in [4.69, 9.17) is 11.5 Å². The molecule has 3 fully saturated rings. The Labute approximate surface area is 162 Å². The number of nitrogens with two attached hydrogens (primary N) is 2. The Morgan fingerprint density at radius 3 is 2.48 bits per heavy atom. The first kappa shape index (κ1) is 18.9. The van der Waals surface area contributed by atoms with Crippen LogP contribution >= 0.6 is 0 Å². The molecule has 0 aromatic carbocycles. The zero-order chi connectivity index (χ0) is 18.9. The van der Waals surface area contributed by atoms with Gasteiger partial charge in [-0.25, -0.2) is 4.98 Å². The van der Waals surface area contributed by atoms with Crippen LogP contribution in [0.3, 0.4) is 0 Å². The summed E-state index contributed by atoms with van der Waals surface area (Å²) in [5, 5.41) is 3.64. The monoisotopic (exact) mass is 373 g/mol. The molecule has 5 N–H and O–H groups in total. The van der Waals surface area contributed by atoms with Gasteiger partial charge in [-0.2, -0.15) is 4.98 Å². The molecule has 0 amide bonds. The lowest BCUT2D eigenvalue weighted by atomic mass is 9.78. The fourth-order valence-electron chi connectivity index (χ4n) is 5.04. The average Bonchev–Trinajstić information content (AvgIpc) is 2.65. The summed E-state index contributed by atoms with van der Waals surface area (Å²) in [6, 6.07) is 2.40. The van der Waals surface area contributed by atoms with Gasteiger partial charge in [0.1, 0.15) is 5.82 Å². The number of anilines is 2. The standard InChI is InChI=1S/C20H35N7/c1-26-7-9-27(10-8-26)20(5-3-2-4-6-20)14-23-18-13-17(24-19(22)25-18)15-11-16(21)12-15/h13,15-16H,2-12,14,21H2,1H3,(H3,22,23,24,25). The summed E-state index contributed by atoms with van der Waals surface area (Å²) in [6.45, 7) is 5.59.